The number of rotatable bonds is 2. The van der Waals surface area contributed by atoms with Crippen LogP contribution < -0.4 is 16.2 Å². The van der Waals surface area contributed by atoms with Gasteiger partial charge in [-0.3, -0.25) is 0 Å². The van der Waals surface area contributed by atoms with E-state index in [9.17, 15) is 0 Å². The van der Waals surface area contributed by atoms with Crippen molar-refractivity contribution in [2.24, 2.45) is 5.84 Å². The van der Waals surface area contributed by atoms with Gasteiger partial charge in [0.05, 0.1) is 0 Å². The van der Waals surface area contributed by atoms with E-state index in [-0.39, 0.29) is 0 Å². The van der Waals surface area contributed by atoms with Gasteiger partial charge < -0.3 is 10.3 Å². The maximum Gasteiger partial charge on any atom is 0.159 e. The van der Waals surface area contributed by atoms with Gasteiger partial charge in [-0.25, -0.2) is 15.8 Å². The predicted molar refractivity (Wildman–Crippen MR) is 63.6 cm³/mol. The second-order valence-corrected chi connectivity index (χ2v) is 4.34. The number of hydrogen-bond donors (Lipinski definition) is 2. The van der Waals surface area contributed by atoms with Crippen molar-refractivity contribution in [2.45, 2.75) is 19.3 Å². The first kappa shape index (κ1) is 10.6. The van der Waals surface area contributed by atoms with E-state index in [2.05, 4.69) is 36.2 Å². The van der Waals surface area contributed by atoms with Gasteiger partial charge in [-0.1, -0.05) is 0 Å². The lowest BCUT2D eigenvalue weighted by atomic mass is 10.1. The van der Waals surface area contributed by atoms with Crippen molar-refractivity contribution in [3.8, 4) is 0 Å². The Balaban J connectivity index is 2.26. The Labute approximate surface area is 97.2 Å². The topological polar surface area (TPSA) is 67.1 Å². The molecule has 0 atom stereocenters. The average Bonchev–Trinajstić information content (AvgIpc) is 2.30. The molecule has 1 aromatic heterocycles. The molecule has 0 aromatic carbocycles. The summed E-state index contributed by atoms with van der Waals surface area (Å²) in [7, 11) is 0. The third kappa shape index (κ3) is 2.21. The summed E-state index contributed by atoms with van der Waals surface area (Å²) in [5.41, 5.74) is 2.55. The van der Waals surface area contributed by atoms with Crippen LogP contribution >= 0.6 is 15.9 Å². The molecule has 0 spiro atoms. The number of nitrogens with one attached hydrogen (secondary N) is 1. The Morgan fingerprint density at radius 3 is 2.67 bits per heavy atom. The molecule has 0 saturated carbocycles. The van der Waals surface area contributed by atoms with E-state index in [1.54, 1.807) is 0 Å². The van der Waals surface area contributed by atoms with Crippen molar-refractivity contribution in [3.63, 3.8) is 0 Å². The van der Waals surface area contributed by atoms with Crippen LogP contribution in [0, 0.1) is 0 Å². The number of hydrogen-bond acceptors (Lipinski definition) is 5. The van der Waals surface area contributed by atoms with Crippen molar-refractivity contribution in [1.82, 2.24) is 9.97 Å². The molecule has 1 aliphatic rings. The molecule has 3 N–H and O–H groups in total. The lowest BCUT2D eigenvalue weighted by Crippen LogP contribution is -2.30. The second kappa shape index (κ2) is 4.76. The van der Waals surface area contributed by atoms with Gasteiger partial charge in [-0.05, 0) is 35.2 Å². The maximum absolute atomic E-state index is 5.36. The molecule has 0 aliphatic carbocycles. The van der Waals surface area contributed by atoms with Crippen LogP contribution in [0.15, 0.2) is 10.8 Å². The van der Waals surface area contributed by atoms with Gasteiger partial charge >= 0.3 is 0 Å². The zero-order valence-electron chi connectivity index (χ0n) is 8.41. The number of hydrazine groups is 1. The fourth-order valence-electron chi connectivity index (χ4n) is 1.79. The number of piperidine rings is 1. The van der Waals surface area contributed by atoms with Gasteiger partial charge in [-0.2, -0.15) is 0 Å². The van der Waals surface area contributed by atoms with Gasteiger partial charge in [0.15, 0.2) is 5.82 Å². The van der Waals surface area contributed by atoms with Gasteiger partial charge in [0, 0.05) is 13.1 Å². The van der Waals surface area contributed by atoms with E-state index >= 15 is 0 Å². The van der Waals surface area contributed by atoms with Crippen LogP contribution in [-0.2, 0) is 0 Å². The van der Waals surface area contributed by atoms with E-state index in [1.807, 2.05) is 0 Å². The molecule has 1 aliphatic heterocycles. The molecular weight excluding hydrogens is 258 g/mol. The Morgan fingerprint density at radius 1 is 1.27 bits per heavy atom. The molecule has 5 nitrogen and oxygen atoms in total. The summed E-state index contributed by atoms with van der Waals surface area (Å²) in [6.45, 7) is 2.11. The molecule has 1 fully saturated rings. The minimum Gasteiger partial charge on any atom is -0.356 e. The Hall–Kier alpha value is -0.880. The van der Waals surface area contributed by atoms with Gasteiger partial charge in [-0.15, -0.1) is 0 Å². The molecule has 1 aromatic rings. The molecule has 1 saturated heterocycles. The molecule has 0 bridgehead atoms. The lowest BCUT2D eigenvalue weighted by molar-refractivity contribution is 0.572. The monoisotopic (exact) mass is 271 g/mol. The van der Waals surface area contributed by atoms with E-state index in [0.29, 0.717) is 5.82 Å². The van der Waals surface area contributed by atoms with Gasteiger partial charge in [0.1, 0.15) is 16.6 Å². The smallest absolute Gasteiger partial charge is 0.159 e. The SMILES string of the molecule is NNc1ncnc(N2CCCCC2)c1Br. The summed E-state index contributed by atoms with van der Waals surface area (Å²) in [5.74, 6) is 6.92. The first-order valence-electron chi connectivity index (χ1n) is 5.05. The number of halogens is 1. The van der Waals surface area contributed by atoms with E-state index in [1.165, 1.54) is 25.6 Å². The normalized spacial score (nSPS) is 16.5. The fourth-order valence-corrected chi connectivity index (χ4v) is 2.36. The Kier molecular flexibility index (Phi) is 3.37. The minimum absolute atomic E-state index is 0.630. The summed E-state index contributed by atoms with van der Waals surface area (Å²) < 4.78 is 0.842. The van der Waals surface area contributed by atoms with Crippen LogP contribution in [0.4, 0.5) is 11.6 Å². The molecule has 15 heavy (non-hydrogen) atoms. The maximum atomic E-state index is 5.36. The summed E-state index contributed by atoms with van der Waals surface area (Å²) in [6, 6.07) is 0. The highest BCUT2D eigenvalue weighted by atomic mass is 79.9. The molecule has 2 rings (SSSR count). The third-order valence-electron chi connectivity index (χ3n) is 2.56. The predicted octanol–water partition coefficient (Wildman–Crippen LogP) is 1.51. The molecule has 0 amide bonds. The highest BCUT2D eigenvalue weighted by Crippen LogP contribution is 2.30. The van der Waals surface area contributed by atoms with Crippen LogP contribution in [0.5, 0.6) is 0 Å². The van der Waals surface area contributed by atoms with Crippen LogP contribution in [0.3, 0.4) is 0 Å². The first-order chi connectivity index (χ1) is 7.33. The fraction of sp³-hybridized carbons (Fsp3) is 0.556. The summed E-state index contributed by atoms with van der Waals surface area (Å²) in [5, 5.41) is 0. The van der Waals surface area contributed by atoms with E-state index < -0.39 is 0 Å². The van der Waals surface area contributed by atoms with Crippen molar-refractivity contribution >= 4 is 27.6 Å². The number of anilines is 2. The molecule has 0 radical (unpaired) electrons. The molecule has 0 unspecified atom stereocenters. The van der Waals surface area contributed by atoms with Gasteiger partial charge in [0.25, 0.3) is 0 Å². The quantitative estimate of drug-likeness (QED) is 0.631. The Morgan fingerprint density at radius 2 is 2.00 bits per heavy atom. The highest BCUT2D eigenvalue weighted by Gasteiger charge is 2.17. The van der Waals surface area contributed by atoms with Crippen LogP contribution in [0.2, 0.25) is 0 Å². The third-order valence-corrected chi connectivity index (χ3v) is 3.29. The van der Waals surface area contributed by atoms with E-state index in [4.69, 9.17) is 5.84 Å². The van der Waals surface area contributed by atoms with Crippen LogP contribution in [-0.4, -0.2) is 23.1 Å². The van der Waals surface area contributed by atoms with E-state index in [0.717, 1.165) is 23.4 Å². The molecular formula is C9H14BrN5. The van der Waals surface area contributed by atoms with Gasteiger partial charge in [0.2, 0.25) is 0 Å². The minimum atomic E-state index is 0.630. The Bertz CT molecular complexity index is 337. The van der Waals surface area contributed by atoms with Crippen molar-refractivity contribution in [2.75, 3.05) is 23.4 Å². The highest BCUT2D eigenvalue weighted by molar-refractivity contribution is 9.10. The number of nitrogen functional groups attached to an aromatic ring is 1. The summed E-state index contributed by atoms with van der Waals surface area (Å²) >= 11 is 3.47. The number of aromatic nitrogens is 2. The summed E-state index contributed by atoms with van der Waals surface area (Å²) in [4.78, 5) is 10.6. The molecule has 2 heterocycles. The van der Waals surface area contributed by atoms with Crippen molar-refractivity contribution in [3.05, 3.63) is 10.8 Å². The lowest BCUT2D eigenvalue weighted by Gasteiger charge is -2.28. The average molecular weight is 272 g/mol. The second-order valence-electron chi connectivity index (χ2n) is 3.55. The largest absolute Gasteiger partial charge is 0.356 e. The van der Waals surface area contributed by atoms with Crippen LogP contribution in [0.1, 0.15) is 19.3 Å². The zero-order chi connectivity index (χ0) is 10.7. The summed E-state index contributed by atoms with van der Waals surface area (Å²) in [6.07, 6.45) is 5.29. The number of nitrogens with zero attached hydrogens (tertiary/aromatic N) is 3. The molecule has 6 heteroatoms. The first-order valence-corrected chi connectivity index (χ1v) is 5.84. The van der Waals surface area contributed by atoms with Crippen molar-refractivity contribution in [1.29, 1.82) is 0 Å². The number of nitrogens with two attached hydrogens (primary N) is 1. The standard InChI is InChI=1S/C9H14BrN5/c10-7-8(14-11)12-6-13-9(7)15-4-2-1-3-5-15/h6H,1-5,11H2,(H,12,13,14). The van der Waals surface area contributed by atoms with Crippen molar-refractivity contribution < 1.29 is 0 Å². The zero-order valence-corrected chi connectivity index (χ0v) is 10.00. The van der Waals surface area contributed by atoms with Crippen LogP contribution in [0.25, 0.3) is 0 Å². The molecule has 82 valence electrons.